The second-order valence-corrected chi connectivity index (χ2v) is 0.996. The van der Waals surface area contributed by atoms with Gasteiger partial charge < -0.3 is 0 Å². The molecule has 0 heteroatoms. The lowest BCUT2D eigenvalue weighted by atomic mass is 10.3. The second kappa shape index (κ2) is 4.00. The summed E-state index contributed by atoms with van der Waals surface area (Å²) in [5.41, 5.74) is 0. The van der Waals surface area contributed by atoms with Gasteiger partial charge in [0.15, 0.2) is 0 Å². The van der Waals surface area contributed by atoms with Crippen molar-refractivity contribution in [3.63, 3.8) is 0 Å². The van der Waals surface area contributed by atoms with Crippen LogP contribution in [-0.4, -0.2) is 0 Å². The van der Waals surface area contributed by atoms with Gasteiger partial charge in [0.2, 0.25) is 0 Å². The minimum atomic E-state index is 0.525. The van der Waals surface area contributed by atoms with Crippen LogP contribution in [0.25, 0.3) is 0 Å². The van der Waals surface area contributed by atoms with E-state index in [2.05, 4.69) is 0 Å². The highest BCUT2D eigenvalue weighted by molar-refractivity contribution is 4.35. The Morgan fingerprint density at radius 2 is 2.80 bits per heavy atom. The molecule has 0 aliphatic heterocycles. The van der Waals surface area contributed by atoms with Crippen LogP contribution in [-0.2, 0) is 0 Å². The van der Waals surface area contributed by atoms with Crippen molar-refractivity contribution in [1.82, 2.24) is 0 Å². The van der Waals surface area contributed by atoms with Crippen molar-refractivity contribution in [3.05, 3.63) is 6.92 Å². The molecule has 0 saturated heterocycles. The van der Waals surface area contributed by atoms with Gasteiger partial charge in [-0.25, -0.2) is 0 Å². The van der Waals surface area contributed by atoms with Crippen molar-refractivity contribution in [3.8, 4) is 0 Å². The predicted molar refractivity (Wildman–Crippen MR) is 23.8 cm³/mol. The molecule has 0 aliphatic carbocycles. The molecule has 0 fully saturated rings. The maximum absolute atomic E-state index is 6.65. The smallest absolute Gasteiger partial charge is 0.0230 e. The first-order valence-electron chi connectivity index (χ1n) is 2.62. The van der Waals surface area contributed by atoms with Crippen LogP contribution >= 0.6 is 0 Å². The van der Waals surface area contributed by atoms with Crippen molar-refractivity contribution >= 4 is 0 Å². The molecular formula is C5H10. The monoisotopic (exact) mass is 72.1 g/mol. The maximum Gasteiger partial charge on any atom is 0.0230 e. The van der Waals surface area contributed by atoms with Crippen molar-refractivity contribution in [1.29, 1.82) is 0 Å². The second-order valence-electron chi connectivity index (χ2n) is 0.996. The highest BCUT2D eigenvalue weighted by Gasteiger charge is 1.68. The van der Waals surface area contributed by atoms with Crippen LogP contribution in [0.4, 0.5) is 0 Å². The van der Waals surface area contributed by atoms with Crippen molar-refractivity contribution in [2.75, 3.05) is 0 Å². The minimum Gasteiger partial charge on any atom is -0.0654 e. The number of hydrogen-bond donors (Lipinski definition) is 0. The first-order chi connectivity index (χ1) is 2.91. The number of hydrogen-bond acceptors (Lipinski definition) is 0. The standard InChI is InChI=1S/C5H10/c1-3-5-4-2/h1H,3-5H2,2H3/i2T. The molecule has 0 heterocycles. The number of rotatable bonds is 2. The van der Waals surface area contributed by atoms with Gasteiger partial charge in [-0.1, -0.05) is 19.7 Å². The van der Waals surface area contributed by atoms with E-state index in [0.29, 0.717) is 6.90 Å². The molecule has 0 atom stereocenters. The predicted octanol–water partition coefficient (Wildman–Crippen LogP) is 1.89. The van der Waals surface area contributed by atoms with E-state index in [9.17, 15) is 0 Å². The Hall–Kier alpha value is 0. The SMILES string of the molecule is [3H]CCCC[CH]. The fourth-order valence-electron chi connectivity index (χ4n) is 0.144. The Balaban J connectivity index is 2.34. The van der Waals surface area contributed by atoms with Crippen LogP contribution in [0.3, 0.4) is 0 Å². The molecule has 0 bridgehead atoms. The van der Waals surface area contributed by atoms with E-state index < -0.39 is 0 Å². The normalized spacial score (nSPS) is 11.0. The topological polar surface area (TPSA) is 0 Å². The summed E-state index contributed by atoms with van der Waals surface area (Å²) in [4.78, 5) is 0. The van der Waals surface area contributed by atoms with E-state index in [4.69, 9.17) is 8.29 Å². The molecule has 0 aromatic rings. The first kappa shape index (κ1) is 3.20. The zero-order chi connectivity index (χ0) is 4.83. The zero-order valence-electron chi connectivity index (χ0n) is 4.41. The summed E-state index contributed by atoms with van der Waals surface area (Å²) in [6, 6.07) is 0. The largest absolute Gasteiger partial charge is 0.0654 e. The van der Waals surface area contributed by atoms with Crippen molar-refractivity contribution in [2.45, 2.75) is 26.2 Å². The third-order valence-electron chi connectivity index (χ3n) is 0.454. The molecule has 0 aliphatic rings. The lowest BCUT2D eigenvalue weighted by Crippen LogP contribution is -1.59. The van der Waals surface area contributed by atoms with Crippen LogP contribution in [0.2, 0.25) is 0 Å². The van der Waals surface area contributed by atoms with Crippen LogP contribution < -0.4 is 0 Å². The molecule has 0 spiro atoms. The van der Waals surface area contributed by atoms with Gasteiger partial charge in [-0.3, -0.25) is 0 Å². The Morgan fingerprint density at radius 3 is 3.00 bits per heavy atom. The Kier molecular flexibility index (Phi) is 2.56. The lowest BCUT2D eigenvalue weighted by molar-refractivity contribution is 0.813. The molecule has 0 aromatic heterocycles. The van der Waals surface area contributed by atoms with Crippen LogP contribution in [0.1, 0.15) is 27.5 Å². The molecule has 0 nitrogen and oxygen atoms in total. The van der Waals surface area contributed by atoms with Crippen LogP contribution in [0, 0.1) is 6.92 Å². The molecule has 0 amide bonds. The summed E-state index contributed by atoms with van der Waals surface area (Å²) in [6.07, 6.45) is 2.69. The maximum atomic E-state index is 6.65. The summed E-state index contributed by atoms with van der Waals surface area (Å²) >= 11 is 0. The molecule has 0 saturated carbocycles. The van der Waals surface area contributed by atoms with Gasteiger partial charge in [0.1, 0.15) is 0 Å². The molecule has 0 N–H and O–H groups in total. The third-order valence-corrected chi connectivity index (χ3v) is 0.454. The van der Waals surface area contributed by atoms with Gasteiger partial charge in [0.25, 0.3) is 0 Å². The van der Waals surface area contributed by atoms with Gasteiger partial charge in [0.05, 0.1) is 0 Å². The lowest BCUT2D eigenvalue weighted by Gasteiger charge is -1.78. The van der Waals surface area contributed by atoms with Gasteiger partial charge >= 0.3 is 0 Å². The fraction of sp³-hybridized carbons (Fsp3) is 0.800. The Labute approximate surface area is 35.6 Å². The summed E-state index contributed by atoms with van der Waals surface area (Å²) in [5.74, 6) is 0. The molecule has 2 radical (unpaired) electrons. The van der Waals surface area contributed by atoms with Crippen LogP contribution in [0.5, 0.6) is 0 Å². The van der Waals surface area contributed by atoms with Crippen molar-refractivity contribution in [2.24, 2.45) is 0 Å². The molecule has 5 heavy (non-hydrogen) atoms. The molecular weight excluding hydrogens is 60.1 g/mol. The molecule has 0 aromatic carbocycles. The molecule has 30 valence electrons. The zero-order valence-corrected chi connectivity index (χ0v) is 3.41. The summed E-state index contributed by atoms with van der Waals surface area (Å²) < 4.78 is 6.65. The quantitative estimate of drug-likeness (QED) is 0.437. The van der Waals surface area contributed by atoms with Gasteiger partial charge in [0, 0.05) is 1.37 Å². The highest BCUT2D eigenvalue weighted by Crippen LogP contribution is 1.87. The van der Waals surface area contributed by atoms with Gasteiger partial charge in [-0.2, -0.15) is 0 Å². The highest BCUT2D eigenvalue weighted by atomic mass is 13.7. The van der Waals surface area contributed by atoms with Gasteiger partial charge in [-0.05, 0) is 13.3 Å². The average Bonchev–Trinajstić information content (AvgIpc) is 1.61. The fourth-order valence-corrected chi connectivity index (χ4v) is 0.144. The van der Waals surface area contributed by atoms with E-state index in [1.165, 1.54) is 0 Å². The van der Waals surface area contributed by atoms with Gasteiger partial charge in [-0.15, -0.1) is 0 Å². The van der Waals surface area contributed by atoms with E-state index in [0.717, 1.165) is 19.3 Å². The molecule has 0 rings (SSSR count). The first-order valence-corrected chi connectivity index (χ1v) is 1.91. The van der Waals surface area contributed by atoms with E-state index in [-0.39, 0.29) is 0 Å². The summed E-state index contributed by atoms with van der Waals surface area (Å²) in [6.45, 7) is 5.66. The Morgan fingerprint density at radius 1 is 2.00 bits per heavy atom. The van der Waals surface area contributed by atoms with Crippen molar-refractivity contribution < 1.29 is 1.37 Å². The molecule has 0 unspecified atom stereocenters. The third kappa shape index (κ3) is 4.00. The number of unbranched alkanes of at least 4 members (excludes halogenated alkanes) is 2. The minimum absolute atomic E-state index is 0.525. The van der Waals surface area contributed by atoms with Crippen LogP contribution in [0.15, 0.2) is 0 Å². The van der Waals surface area contributed by atoms with E-state index in [1.807, 2.05) is 0 Å². The summed E-state index contributed by atoms with van der Waals surface area (Å²) in [5, 5.41) is 0. The summed E-state index contributed by atoms with van der Waals surface area (Å²) in [7, 11) is 0. The average molecular weight is 72.1 g/mol. The van der Waals surface area contributed by atoms with E-state index in [1.54, 1.807) is 0 Å². The van der Waals surface area contributed by atoms with E-state index >= 15 is 0 Å². The Bertz CT molecular complexity index is 15.9.